The molecule has 1 N–H and O–H groups in total. The van der Waals surface area contributed by atoms with Crippen LogP contribution in [-0.2, 0) is 9.53 Å². The number of ether oxygens (including phenoxy) is 1. The molecule has 1 atom stereocenters. The van der Waals surface area contributed by atoms with Gasteiger partial charge >= 0.3 is 5.97 Å². The lowest BCUT2D eigenvalue weighted by atomic mass is 10.1. The summed E-state index contributed by atoms with van der Waals surface area (Å²) in [5, 5.41) is 13.5. The highest BCUT2D eigenvalue weighted by Gasteiger charge is 2.29. The second kappa shape index (κ2) is 7.66. The van der Waals surface area contributed by atoms with Gasteiger partial charge in [0.1, 0.15) is 0 Å². The molecular formula is C21H19N3O4. The molecule has 2 heterocycles. The number of carbonyl (C=O) groups excluding carboxylic acids is 1. The molecule has 1 saturated heterocycles. The number of hydrogen-bond acceptors (Lipinski definition) is 4. The highest BCUT2D eigenvalue weighted by molar-refractivity contribution is 5.95. The van der Waals surface area contributed by atoms with Crippen LogP contribution < -0.4 is 0 Å². The number of aliphatic carboxylic acids is 1. The number of benzene rings is 2. The SMILES string of the molecule is O=C(O)[C@@H]1CN(C(=O)c2cccc(-n3nccc3-c3ccccc3)c2)CCO1. The number of nitrogens with zero attached hydrogens (tertiary/aromatic N) is 3. The van der Waals surface area contributed by atoms with Crippen LogP contribution in [0.25, 0.3) is 16.9 Å². The third-order valence-electron chi connectivity index (χ3n) is 4.68. The Labute approximate surface area is 161 Å². The summed E-state index contributed by atoms with van der Waals surface area (Å²) >= 11 is 0. The zero-order valence-corrected chi connectivity index (χ0v) is 15.1. The quantitative estimate of drug-likeness (QED) is 0.755. The molecule has 1 aliphatic rings. The number of carboxylic acids is 1. The van der Waals surface area contributed by atoms with E-state index in [4.69, 9.17) is 9.84 Å². The van der Waals surface area contributed by atoms with Gasteiger partial charge in [-0.05, 0) is 24.3 Å². The molecule has 0 radical (unpaired) electrons. The van der Waals surface area contributed by atoms with Crippen molar-refractivity contribution in [2.45, 2.75) is 6.10 Å². The maximum atomic E-state index is 12.9. The first kappa shape index (κ1) is 17.9. The van der Waals surface area contributed by atoms with E-state index in [-0.39, 0.29) is 19.1 Å². The molecule has 0 aliphatic carbocycles. The lowest BCUT2D eigenvalue weighted by Crippen LogP contribution is -2.48. The lowest BCUT2D eigenvalue weighted by molar-refractivity contribution is -0.154. The number of aromatic nitrogens is 2. The van der Waals surface area contributed by atoms with Gasteiger partial charge in [-0.25, -0.2) is 9.48 Å². The summed E-state index contributed by atoms with van der Waals surface area (Å²) in [5.41, 5.74) is 3.19. The molecule has 7 heteroatoms. The molecule has 1 amide bonds. The number of rotatable bonds is 4. The van der Waals surface area contributed by atoms with E-state index < -0.39 is 12.1 Å². The van der Waals surface area contributed by atoms with E-state index in [0.29, 0.717) is 12.1 Å². The van der Waals surface area contributed by atoms with Gasteiger partial charge in [0.25, 0.3) is 5.91 Å². The predicted molar refractivity (Wildman–Crippen MR) is 102 cm³/mol. The zero-order chi connectivity index (χ0) is 19.5. The first-order valence-electron chi connectivity index (χ1n) is 8.97. The Morgan fingerprint density at radius 1 is 1.07 bits per heavy atom. The summed E-state index contributed by atoms with van der Waals surface area (Å²) in [6.07, 6.45) is 0.729. The summed E-state index contributed by atoms with van der Waals surface area (Å²) in [4.78, 5) is 25.6. The van der Waals surface area contributed by atoms with E-state index in [1.807, 2.05) is 42.5 Å². The second-order valence-corrected chi connectivity index (χ2v) is 6.49. The lowest BCUT2D eigenvalue weighted by Gasteiger charge is -2.31. The standard InChI is InChI=1S/C21H19N3O4/c25-20(23-11-12-28-19(14-23)21(26)27)16-7-4-8-17(13-16)24-18(9-10-22-24)15-5-2-1-3-6-15/h1-10,13,19H,11-12,14H2,(H,26,27)/t19-/m0/s1. The highest BCUT2D eigenvalue weighted by Crippen LogP contribution is 2.23. The Morgan fingerprint density at radius 2 is 1.89 bits per heavy atom. The topological polar surface area (TPSA) is 84.7 Å². The van der Waals surface area contributed by atoms with Crippen molar-refractivity contribution in [3.63, 3.8) is 0 Å². The summed E-state index contributed by atoms with van der Waals surface area (Å²) in [5.74, 6) is -1.28. The average molecular weight is 377 g/mol. The molecule has 0 bridgehead atoms. The predicted octanol–water partition coefficient (Wildman–Crippen LogP) is 2.46. The Kier molecular flexibility index (Phi) is 4.90. The average Bonchev–Trinajstić information content (AvgIpc) is 3.24. The van der Waals surface area contributed by atoms with Crippen molar-refractivity contribution in [1.82, 2.24) is 14.7 Å². The molecule has 0 spiro atoms. The molecule has 0 saturated carbocycles. The van der Waals surface area contributed by atoms with Crippen molar-refractivity contribution in [2.75, 3.05) is 19.7 Å². The van der Waals surface area contributed by atoms with Crippen LogP contribution in [0.15, 0.2) is 66.9 Å². The monoisotopic (exact) mass is 377 g/mol. The first-order chi connectivity index (χ1) is 13.6. The smallest absolute Gasteiger partial charge is 0.334 e. The minimum Gasteiger partial charge on any atom is -0.479 e. The van der Waals surface area contributed by atoms with Crippen molar-refractivity contribution >= 4 is 11.9 Å². The van der Waals surface area contributed by atoms with E-state index in [9.17, 15) is 9.59 Å². The molecule has 2 aromatic carbocycles. The van der Waals surface area contributed by atoms with Crippen LogP contribution in [0.3, 0.4) is 0 Å². The Bertz CT molecular complexity index is 1000. The van der Waals surface area contributed by atoms with Crippen molar-refractivity contribution in [3.05, 3.63) is 72.4 Å². The summed E-state index contributed by atoms with van der Waals surface area (Å²) in [6.45, 7) is 0.610. The minimum atomic E-state index is -1.06. The van der Waals surface area contributed by atoms with E-state index >= 15 is 0 Å². The first-order valence-corrected chi connectivity index (χ1v) is 8.97. The van der Waals surface area contributed by atoms with E-state index in [1.54, 1.807) is 29.1 Å². The van der Waals surface area contributed by atoms with Crippen molar-refractivity contribution < 1.29 is 19.4 Å². The molecule has 1 aromatic heterocycles. The van der Waals surface area contributed by atoms with Crippen LogP contribution in [0, 0.1) is 0 Å². The summed E-state index contributed by atoms with van der Waals surface area (Å²) < 4.78 is 6.98. The van der Waals surface area contributed by atoms with Crippen LogP contribution in [-0.4, -0.2) is 57.5 Å². The molecule has 1 aliphatic heterocycles. The fourth-order valence-corrected chi connectivity index (χ4v) is 3.27. The zero-order valence-electron chi connectivity index (χ0n) is 15.1. The number of morpholine rings is 1. The van der Waals surface area contributed by atoms with Gasteiger partial charge in [0.05, 0.1) is 30.7 Å². The van der Waals surface area contributed by atoms with Gasteiger partial charge in [-0.15, -0.1) is 0 Å². The maximum Gasteiger partial charge on any atom is 0.334 e. The fraction of sp³-hybridized carbons (Fsp3) is 0.190. The summed E-state index contributed by atoms with van der Waals surface area (Å²) in [7, 11) is 0. The van der Waals surface area contributed by atoms with Crippen LogP contribution >= 0.6 is 0 Å². The Balaban J connectivity index is 1.62. The van der Waals surface area contributed by atoms with Gasteiger partial charge in [0.15, 0.2) is 6.10 Å². The van der Waals surface area contributed by atoms with Crippen molar-refractivity contribution in [1.29, 1.82) is 0 Å². The number of hydrogen-bond donors (Lipinski definition) is 1. The largest absolute Gasteiger partial charge is 0.479 e. The molecular weight excluding hydrogens is 358 g/mol. The van der Waals surface area contributed by atoms with Crippen molar-refractivity contribution in [3.8, 4) is 16.9 Å². The van der Waals surface area contributed by atoms with E-state index in [2.05, 4.69) is 5.10 Å². The molecule has 28 heavy (non-hydrogen) atoms. The van der Waals surface area contributed by atoms with Gasteiger partial charge in [-0.2, -0.15) is 5.10 Å². The Morgan fingerprint density at radius 3 is 2.68 bits per heavy atom. The number of carbonyl (C=O) groups is 2. The van der Waals surface area contributed by atoms with Gasteiger partial charge in [-0.3, -0.25) is 4.79 Å². The number of carboxylic acid groups (broad SMARTS) is 1. The van der Waals surface area contributed by atoms with Gasteiger partial charge in [0.2, 0.25) is 0 Å². The molecule has 4 rings (SSSR count). The normalized spacial score (nSPS) is 16.7. The number of amides is 1. The molecule has 142 valence electrons. The van der Waals surface area contributed by atoms with Crippen LogP contribution in [0.5, 0.6) is 0 Å². The van der Waals surface area contributed by atoms with E-state index in [0.717, 1.165) is 16.9 Å². The third-order valence-corrected chi connectivity index (χ3v) is 4.68. The van der Waals surface area contributed by atoms with Crippen LogP contribution in [0.4, 0.5) is 0 Å². The van der Waals surface area contributed by atoms with Crippen LogP contribution in [0.2, 0.25) is 0 Å². The molecule has 0 unspecified atom stereocenters. The van der Waals surface area contributed by atoms with Gasteiger partial charge in [-0.1, -0.05) is 36.4 Å². The fourth-order valence-electron chi connectivity index (χ4n) is 3.27. The summed E-state index contributed by atoms with van der Waals surface area (Å²) in [6, 6.07) is 19.0. The third kappa shape index (κ3) is 3.52. The molecule has 1 fully saturated rings. The van der Waals surface area contributed by atoms with Gasteiger partial charge in [0, 0.05) is 17.7 Å². The minimum absolute atomic E-state index is 0.0371. The maximum absolute atomic E-state index is 12.9. The molecule has 3 aromatic rings. The highest BCUT2D eigenvalue weighted by atomic mass is 16.5. The van der Waals surface area contributed by atoms with E-state index in [1.165, 1.54) is 4.90 Å². The second-order valence-electron chi connectivity index (χ2n) is 6.49. The Hall–Kier alpha value is -3.45. The molecule has 7 nitrogen and oxygen atoms in total. The van der Waals surface area contributed by atoms with Gasteiger partial charge < -0.3 is 14.7 Å². The van der Waals surface area contributed by atoms with Crippen LogP contribution in [0.1, 0.15) is 10.4 Å². The van der Waals surface area contributed by atoms with Crippen molar-refractivity contribution in [2.24, 2.45) is 0 Å².